The number of rotatable bonds is 8. The fourth-order valence-electron chi connectivity index (χ4n) is 4.29. The second-order valence-corrected chi connectivity index (χ2v) is 11.8. The highest BCUT2D eigenvalue weighted by atomic mass is 32.2. The topological polar surface area (TPSA) is 107 Å². The number of benzene rings is 1. The van der Waals surface area contributed by atoms with E-state index in [9.17, 15) is 23.1 Å². The highest BCUT2D eigenvalue weighted by Gasteiger charge is 2.46. The number of ether oxygens (including phenoxy) is 1. The van der Waals surface area contributed by atoms with Crippen LogP contribution in [0, 0.1) is 0 Å². The van der Waals surface area contributed by atoms with Gasteiger partial charge in [0.2, 0.25) is 10.0 Å². The standard InChI is InChI=1S/C24H29N3O6S2/c1-25(2)35(31,32)18-8-6-17(7-9-18)22(28)20-21(19-5-3-16-34-19)27(24(30)23(20)29)11-4-10-26-12-14-33-15-13-26/h3,5-9,16,21,28H,4,10-15H2,1-2H3/b22-20-. The molecule has 9 nitrogen and oxygen atoms in total. The van der Waals surface area contributed by atoms with Crippen molar-refractivity contribution in [2.45, 2.75) is 17.4 Å². The summed E-state index contributed by atoms with van der Waals surface area (Å²) in [6.07, 6.45) is 0.687. The van der Waals surface area contributed by atoms with Crippen LogP contribution in [0.1, 0.15) is 22.9 Å². The molecule has 1 amide bonds. The lowest BCUT2D eigenvalue weighted by molar-refractivity contribution is -0.140. The first-order chi connectivity index (χ1) is 16.7. The minimum Gasteiger partial charge on any atom is -0.507 e. The Balaban J connectivity index is 1.63. The average Bonchev–Trinajstić information content (AvgIpc) is 3.47. The first-order valence-electron chi connectivity index (χ1n) is 11.4. The van der Waals surface area contributed by atoms with Gasteiger partial charge in [-0.05, 0) is 42.1 Å². The average molecular weight is 520 g/mol. The van der Waals surface area contributed by atoms with Crippen molar-refractivity contribution in [2.24, 2.45) is 0 Å². The number of likely N-dealkylation sites (tertiary alicyclic amines) is 1. The maximum absolute atomic E-state index is 13.1. The molecule has 1 N–H and O–H groups in total. The summed E-state index contributed by atoms with van der Waals surface area (Å²) < 4.78 is 31.2. The number of carbonyl (C=O) groups is 2. The monoisotopic (exact) mass is 519 g/mol. The number of aliphatic hydroxyl groups is 1. The molecular weight excluding hydrogens is 490 g/mol. The molecule has 4 rings (SSSR count). The molecule has 2 aliphatic heterocycles. The molecule has 188 valence electrons. The number of thiophene rings is 1. The van der Waals surface area contributed by atoms with Gasteiger partial charge in [0.25, 0.3) is 11.7 Å². The molecule has 0 aliphatic carbocycles. The lowest BCUT2D eigenvalue weighted by Gasteiger charge is -2.28. The highest BCUT2D eigenvalue weighted by molar-refractivity contribution is 7.89. The van der Waals surface area contributed by atoms with E-state index in [-0.39, 0.29) is 21.8 Å². The van der Waals surface area contributed by atoms with E-state index in [2.05, 4.69) is 4.90 Å². The SMILES string of the molecule is CN(C)S(=O)(=O)c1ccc(/C(O)=C2/C(=O)C(=O)N(CCCN3CCOCC3)C2c2cccs2)cc1. The summed E-state index contributed by atoms with van der Waals surface area (Å²) >= 11 is 1.41. The van der Waals surface area contributed by atoms with Gasteiger partial charge in [-0.1, -0.05) is 6.07 Å². The number of hydrogen-bond donors (Lipinski definition) is 1. The van der Waals surface area contributed by atoms with Crippen LogP contribution in [0.5, 0.6) is 0 Å². The van der Waals surface area contributed by atoms with Crippen LogP contribution in [0.15, 0.2) is 52.2 Å². The quantitative estimate of drug-likeness (QED) is 0.323. The summed E-state index contributed by atoms with van der Waals surface area (Å²) in [6.45, 7) is 4.22. The zero-order chi connectivity index (χ0) is 25.2. The third kappa shape index (κ3) is 5.19. The second kappa shape index (κ2) is 10.6. The summed E-state index contributed by atoms with van der Waals surface area (Å²) in [5.41, 5.74) is 0.294. The van der Waals surface area contributed by atoms with Crippen LogP contribution < -0.4 is 0 Å². The van der Waals surface area contributed by atoms with E-state index in [4.69, 9.17) is 4.74 Å². The molecule has 2 fully saturated rings. The van der Waals surface area contributed by atoms with Crippen molar-refractivity contribution in [1.29, 1.82) is 0 Å². The predicted molar refractivity (Wildman–Crippen MR) is 133 cm³/mol. The van der Waals surface area contributed by atoms with Gasteiger partial charge in [-0.3, -0.25) is 14.5 Å². The molecule has 1 aromatic carbocycles. The lowest BCUT2D eigenvalue weighted by Crippen LogP contribution is -2.38. The number of sulfonamides is 1. The maximum Gasteiger partial charge on any atom is 0.295 e. The summed E-state index contributed by atoms with van der Waals surface area (Å²) in [5, 5.41) is 13.0. The smallest absolute Gasteiger partial charge is 0.295 e. The van der Waals surface area contributed by atoms with Crippen molar-refractivity contribution in [3.8, 4) is 0 Å². The van der Waals surface area contributed by atoms with Gasteiger partial charge in [0, 0.05) is 50.7 Å². The number of carbonyl (C=O) groups excluding carboxylic acids is 2. The molecule has 3 heterocycles. The first kappa shape index (κ1) is 25.5. The van der Waals surface area contributed by atoms with Crippen LogP contribution in [0.25, 0.3) is 5.76 Å². The molecule has 0 spiro atoms. The second-order valence-electron chi connectivity index (χ2n) is 8.63. The normalized spacial score (nSPS) is 21.2. The van der Waals surface area contributed by atoms with Gasteiger partial charge in [0.05, 0.1) is 29.7 Å². The summed E-state index contributed by atoms with van der Waals surface area (Å²) in [7, 11) is -0.766. The maximum atomic E-state index is 13.1. The molecule has 1 atom stereocenters. The molecule has 1 unspecified atom stereocenters. The third-order valence-electron chi connectivity index (χ3n) is 6.24. The van der Waals surface area contributed by atoms with E-state index in [0.717, 1.165) is 28.8 Å². The Morgan fingerprint density at radius 2 is 1.80 bits per heavy atom. The summed E-state index contributed by atoms with van der Waals surface area (Å²) in [5.74, 6) is -1.69. The molecule has 2 saturated heterocycles. The zero-order valence-electron chi connectivity index (χ0n) is 19.7. The Morgan fingerprint density at radius 1 is 1.11 bits per heavy atom. The predicted octanol–water partition coefficient (Wildman–Crippen LogP) is 2.14. The van der Waals surface area contributed by atoms with Crippen molar-refractivity contribution in [3.05, 3.63) is 57.8 Å². The Labute approximate surface area is 209 Å². The van der Waals surface area contributed by atoms with Gasteiger partial charge in [0.15, 0.2) is 0 Å². The molecule has 11 heteroatoms. The fourth-order valence-corrected chi connectivity index (χ4v) is 6.04. The third-order valence-corrected chi connectivity index (χ3v) is 8.99. The molecule has 0 radical (unpaired) electrons. The Bertz CT molecular complexity index is 1200. The molecule has 2 aromatic rings. The van der Waals surface area contributed by atoms with Gasteiger partial charge in [0.1, 0.15) is 5.76 Å². The first-order valence-corrected chi connectivity index (χ1v) is 13.7. The van der Waals surface area contributed by atoms with E-state index in [1.807, 2.05) is 17.5 Å². The van der Waals surface area contributed by atoms with Crippen LogP contribution in [0.3, 0.4) is 0 Å². The minimum absolute atomic E-state index is 0.0204. The van der Waals surface area contributed by atoms with E-state index in [1.54, 1.807) is 0 Å². The van der Waals surface area contributed by atoms with Crippen LogP contribution in [-0.4, -0.2) is 92.8 Å². The van der Waals surface area contributed by atoms with E-state index in [1.165, 1.54) is 54.6 Å². The van der Waals surface area contributed by atoms with Crippen molar-refractivity contribution >= 4 is 38.8 Å². The minimum atomic E-state index is -3.64. The Hall–Kier alpha value is -2.57. The number of morpholine rings is 1. The molecule has 35 heavy (non-hydrogen) atoms. The summed E-state index contributed by atoms with van der Waals surface area (Å²) in [6, 6.07) is 8.65. The van der Waals surface area contributed by atoms with Gasteiger partial charge in [-0.15, -0.1) is 11.3 Å². The largest absolute Gasteiger partial charge is 0.507 e. The van der Waals surface area contributed by atoms with Gasteiger partial charge in [-0.25, -0.2) is 12.7 Å². The van der Waals surface area contributed by atoms with E-state index < -0.39 is 27.8 Å². The molecule has 0 saturated carbocycles. The lowest BCUT2D eigenvalue weighted by atomic mass is 10.00. The van der Waals surface area contributed by atoms with Crippen molar-refractivity contribution in [2.75, 3.05) is 53.5 Å². The fraction of sp³-hybridized carbons (Fsp3) is 0.417. The van der Waals surface area contributed by atoms with Crippen molar-refractivity contribution < 1.29 is 27.9 Å². The van der Waals surface area contributed by atoms with Crippen molar-refractivity contribution in [3.63, 3.8) is 0 Å². The van der Waals surface area contributed by atoms with Crippen molar-refractivity contribution in [1.82, 2.24) is 14.1 Å². The zero-order valence-corrected chi connectivity index (χ0v) is 21.3. The molecule has 1 aromatic heterocycles. The number of ketones is 1. The Kier molecular flexibility index (Phi) is 7.72. The molecule has 0 bridgehead atoms. The van der Waals surface area contributed by atoms with Crippen LogP contribution in [0.4, 0.5) is 0 Å². The van der Waals surface area contributed by atoms with Gasteiger partial charge < -0.3 is 14.7 Å². The number of hydrogen-bond acceptors (Lipinski definition) is 8. The van der Waals surface area contributed by atoms with Crippen LogP contribution >= 0.6 is 11.3 Å². The highest BCUT2D eigenvalue weighted by Crippen LogP contribution is 2.41. The van der Waals surface area contributed by atoms with E-state index >= 15 is 0 Å². The molecular formula is C24H29N3O6S2. The van der Waals surface area contributed by atoms with Crippen LogP contribution in [-0.2, 0) is 24.3 Å². The number of Topliss-reactive ketones (excluding diaryl/α,β-unsaturated/α-hetero) is 1. The van der Waals surface area contributed by atoms with E-state index in [0.29, 0.717) is 26.2 Å². The number of aliphatic hydroxyl groups excluding tert-OH is 1. The molecule has 2 aliphatic rings. The number of nitrogens with zero attached hydrogens (tertiary/aromatic N) is 3. The summed E-state index contributed by atoms with van der Waals surface area (Å²) in [4.78, 5) is 30.7. The van der Waals surface area contributed by atoms with Gasteiger partial charge >= 0.3 is 0 Å². The van der Waals surface area contributed by atoms with Crippen LogP contribution in [0.2, 0.25) is 0 Å². The Morgan fingerprint density at radius 3 is 2.40 bits per heavy atom. The number of amides is 1. The van der Waals surface area contributed by atoms with Gasteiger partial charge in [-0.2, -0.15) is 0 Å².